The van der Waals surface area contributed by atoms with E-state index in [1.54, 1.807) is 0 Å². The van der Waals surface area contributed by atoms with Crippen molar-refractivity contribution in [3.63, 3.8) is 0 Å². The first kappa shape index (κ1) is 6.32. The van der Waals surface area contributed by atoms with Gasteiger partial charge in [0.25, 0.3) is 0 Å². The zero-order chi connectivity index (χ0) is 5.54. The van der Waals surface area contributed by atoms with Gasteiger partial charge >= 0.3 is 0 Å². The predicted molar refractivity (Wildman–Crippen MR) is 28.1 cm³/mol. The topological polar surface area (TPSA) is 35.2 Å². The Morgan fingerprint density at radius 2 is 2.43 bits per heavy atom. The second-order valence-electron chi connectivity index (χ2n) is 0.916. The lowest BCUT2D eigenvalue weighted by molar-refractivity contribution is 0.288. The van der Waals surface area contributed by atoms with Crippen molar-refractivity contribution < 1.29 is 4.74 Å². The van der Waals surface area contributed by atoms with Gasteiger partial charge in [0, 0.05) is 13.5 Å². The first-order valence-electron chi connectivity index (χ1n) is 2.00. The summed E-state index contributed by atoms with van der Waals surface area (Å²) in [4.78, 5) is 0. The van der Waals surface area contributed by atoms with Crippen LogP contribution in [-0.2, 0) is 4.74 Å². The molecule has 0 saturated heterocycles. The third-order valence-electron chi connectivity index (χ3n) is 0.364. The van der Waals surface area contributed by atoms with Crippen molar-refractivity contribution in [1.82, 2.24) is 0 Å². The van der Waals surface area contributed by atoms with Crippen molar-refractivity contribution in [2.75, 3.05) is 13.2 Å². The minimum Gasteiger partial charge on any atom is -0.445 e. The van der Waals surface area contributed by atoms with Crippen LogP contribution in [0.4, 0.5) is 0 Å². The molecule has 0 spiro atoms. The van der Waals surface area contributed by atoms with Gasteiger partial charge in [-0.15, -0.1) is 0 Å². The van der Waals surface area contributed by atoms with Crippen molar-refractivity contribution >= 4 is 0 Å². The molecule has 0 amide bonds. The molecule has 0 aromatic rings. The fourth-order valence-corrected chi connectivity index (χ4v) is 0.161. The van der Waals surface area contributed by atoms with E-state index in [9.17, 15) is 0 Å². The number of hydrogen-bond donors (Lipinski definition) is 1. The first-order valence-corrected chi connectivity index (χ1v) is 2.00. The van der Waals surface area contributed by atoms with Crippen LogP contribution in [0.2, 0.25) is 0 Å². The highest BCUT2D eigenvalue weighted by molar-refractivity contribution is 4.93. The highest BCUT2D eigenvalue weighted by Gasteiger charge is 1.70. The van der Waals surface area contributed by atoms with Crippen LogP contribution in [0.3, 0.4) is 0 Å². The van der Waals surface area contributed by atoms with Crippen molar-refractivity contribution in [2.24, 2.45) is 5.73 Å². The van der Waals surface area contributed by atoms with E-state index in [0.29, 0.717) is 13.2 Å². The minimum atomic E-state index is 0.489. The molecule has 0 atom stereocenters. The van der Waals surface area contributed by atoms with Gasteiger partial charge in [-0.3, -0.25) is 0 Å². The molecule has 1 radical (unpaired) electrons. The van der Waals surface area contributed by atoms with Gasteiger partial charge in [-0.1, -0.05) is 5.92 Å². The van der Waals surface area contributed by atoms with Crippen LogP contribution < -0.4 is 5.73 Å². The Balaban J connectivity index is 2.78. The first-order chi connectivity index (χ1) is 3.41. The summed E-state index contributed by atoms with van der Waals surface area (Å²) in [6.07, 6.45) is 2.31. The third kappa shape index (κ3) is 5.32. The van der Waals surface area contributed by atoms with Gasteiger partial charge in [0.15, 0.2) is 0 Å². The van der Waals surface area contributed by atoms with Crippen molar-refractivity contribution in [1.29, 1.82) is 0 Å². The summed E-state index contributed by atoms with van der Waals surface area (Å²) in [5.41, 5.74) is 5.06. The molecule has 2 N–H and O–H groups in total. The number of hydrogen-bond acceptors (Lipinski definition) is 2. The smallest absolute Gasteiger partial charge is 0.112 e. The maximum Gasteiger partial charge on any atom is 0.112 e. The molecule has 0 aromatic heterocycles. The Labute approximate surface area is 43.7 Å². The molecule has 39 valence electrons. The van der Waals surface area contributed by atoms with E-state index in [1.807, 2.05) is 0 Å². The van der Waals surface area contributed by atoms with Gasteiger partial charge in [0.05, 0.1) is 0 Å². The van der Waals surface area contributed by atoms with E-state index in [-0.39, 0.29) is 0 Å². The average molecular weight is 98.1 g/mol. The number of nitrogens with two attached hydrogens (primary N) is 1. The number of ether oxygens (including phenoxy) is 1. The van der Waals surface area contributed by atoms with Crippen LogP contribution in [0.5, 0.6) is 0 Å². The molecule has 2 heteroatoms. The van der Waals surface area contributed by atoms with Crippen LogP contribution in [-0.4, -0.2) is 13.2 Å². The lowest BCUT2D eigenvalue weighted by Gasteiger charge is -1.87. The molecular formula is C5H8NO. The van der Waals surface area contributed by atoms with E-state index in [1.165, 1.54) is 0 Å². The van der Waals surface area contributed by atoms with Gasteiger partial charge < -0.3 is 10.5 Å². The Morgan fingerprint density at radius 1 is 1.71 bits per heavy atom. The van der Waals surface area contributed by atoms with E-state index < -0.39 is 0 Å². The van der Waals surface area contributed by atoms with Crippen molar-refractivity contribution in [3.8, 4) is 12.0 Å². The SMILES string of the molecule is [CH2]C#COCCN. The minimum absolute atomic E-state index is 0.489. The van der Waals surface area contributed by atoms with E-state index >= 15 is 0 Å². The van der Waals surface area contributed by atoms with Crippen molar-refractivity contribution in [2.45, 2.75) is 0 Å². The summed E-state index contributed by atoms with van der Waals surface area (Å²) in [6, 6.07) is 0. The van der Waals surface area contributed by atoms with Crippen LogP contribution >= 0.6 is 0 Å². The van der Waals surface area contributed by atoms with Gasteiger partial charge in [-0.05, 0) is 0 Å². The summed E-state index contributed by atoms with van der Waals surface area (Å²) in [5.74, 6) is 2.32. The van der Waals surface area contributed by atoms with E-state index in [2.05, 4.69) is 23.7 Å². The van der Waals surface area contributed by atoms with Gasteiger partial charge in [0.2, 0.25) is 0 Å². The summed E-state index contributed by atoms with van der Waals surface area (Å²) in [6.45, 7) is 4.23. The normalized spacial score (nSPS) is 6.57. The summed E-state index contributed by atoms with van der Waals surface area (Å²) in [7, 11) is 0. The molecule has 0 bridgehead atoms. The molecule has 0 aliphatic carbocycles. The monoisotopic (exact) mass is 98.1 g/mol. The van der Waals surface area contributed by atoms with Crippen LogP contribution in [0.15, 0.2) is 0 Å². The summed E-state index contributed by atoms with van der Waals surface area (Å²) >= 11 is 0. The van der Waals surface area contributed by atoms with Gasteiger partial charge in [-0.25, -0.2) is 0 Å². The van der Waals surface area contributed by atoms with Crippen molar-refractivity contribution in [3.05, 3.63) is 6.92 Å². The third-order valence-corrected chi connectivity index (χ3v) is 0.364. The Bertz CT molecular complexity index is 79.8. The molecule has 0 aliphatic rings. The largest absolute Gasteiger partial charge is 0.445 e. The lowest BCUT2D eigenvalue weighted by Crippen LogP contribution is -2.05. The molecule has 0 fully saturated rings. The van der Waals surface area contributed by atoms with Crippen LogP contribution in [0.1, 0.15) is 0 Å². The van der Waals surface area contributed by atoms with Crippen LogP contribution in [0.25, 0.3) is 0 Å². The quantitative estimate of drug-likeness (QED) is 0.382. The standard InChI is InChI=1S/C5H8NO/c1-2-4-7-5-3-6/h1,3,5-6H2. The Hall–Kier alpha value is -0.680. The van der Waals surface area contributed by atoms with E-state index in [0.717, 1.165) is 0 Å². The molecule has 0 saturated carbocycles. The van der Waals surface area contributed by atoms with Gasteiger partial charge in [0.1, 0.15) is 12.7 Å². The zero-order valence-corrected chi connectivity index (χ0v) is 4.11. The molecule has 2 nitrogen and oxygen atoms in total. The predicted octanol–water partition coefficient (Wildman–Crippen LogP) is -0.243. The second kappa shape index (κ2) is 5.32. The summed E-state index contributed by atoms with van der Waals surface area (Å²) in [5, 5.41) is 0. The molecule has 0 heterocycles. The van der Waals surface area contributed by atoms with E-state index in [4.69, 9.17) is 5.73 Å². The molecule has 0 aromatic carbocycles. The van der Waals surface area contributed by atoms with Gasteiger partial charge in [-0.2, -0.15) is 0 Å². The fourth-order valence-electron chi connectivity index (χ4n) is 0.161. The summed E-state index contributed by atoms with van der Waals surface area (Å²) < 4.78 is 4.58. The zero-order valence-electron chi connectivity index (χ0n) is 4.11. The Kier molecular flexibility index (Phi) is 4.80. The highest BCUT2D eigenvalue weighted by atomic mass is 16.5. The maximum atomic E-state index is 5.06. The fraction of sp³-hybridized carbons (Fsp3) is 0.400. The molecule has 0 rings (SSSR count). The molecular weight excluding hydrogens is 90.1 g/mol. The average Bonchev–Trinajstić information content (AvgIpc) is 1.69. The number of rotatable bonds is 2. The molecule has 7 heavy (non-hydrogen) atoms. The molecule has 0 aliphatic heterocycles. The second-order valence-corrected chi connectivity index (χ2v) is 0.916. The molecule has 0 unspecified atom stereocenters. The maximum absolute atomic E-state index is 5.06. The Morgan fingerprint density at radius 3 is 2.86 bits per heavy atom. The lowest BCUT2D eigenvalue weighted by atomic mass is 10.7. The van der Waals surface area contributed by atoms with Crippen LogP contribution in [0, 0.1) is 19.0 Å². The highest BCUT2D eigenvalue weighted by Crippen LogP contribution is 1.62.